The first-order chi connectivity index (χ1) is 11.6. The number of benzene rings is 1. The lowest BCUT2D eigenvalue weighted by molar-refractivity contribution is 0.628. The number of pyridine rings is 1. The van der Waals surface area contributed by atoms with E-state index in [1.54, 1.807) is 18.5 Å². The van der Waals surface area contributed by atoms with Crippen LogP contribution in [0.25, 0.3) is 28.2 Å². The van der Waals surface area contributed by atoms with Crippen molar-refractivity contribution in [2.24, 2.45) is 0 Å². The van der Waals surface area contributed by atoms with Crippen LogP contribution in [0, 0.1) is 5.82 Å². The summed E-state index contributed by atoms with van der Waals surface area (Å²) in [5.41, 5.74) is 4.31. The normalized spacial score (nSPS) is 11.5. The monoisotopic (exact) mass is 321 g/mol. The molecule has 0 aliphatic rings. The van der Waals surface area contributed by atoms with E-state index in [9.17, 15) is 4.39 Å². The molecule has 0 aliphatic carbocycles. The van der Waals surface area contributed by atoms with Crippen molar-refractivity contribution in [1.29, 1.82) is 0 Å². The largest absolute Gasteiger partial charge is 0.344 e. The van der Waals surface area contributed by atoms with Crippen molar-refractivity contribution in [3.63, 3.8) is 0 Å². The summed E-state index contributed by atoms with van der Waals surface area (Å²) in [6.45, 7) is 4.17. The van der Waals surface area contributed by atoms with E-state index in [1.165, 1.54) is 12.1 Å². The van der Waals surface area contributed by atoms with Gasteiger partial charge in [-0.15, -0.1) is 10.2 Å². The van der Waals surface area contributed by atoms with E-state index in [1.807, 2.05) is 22.7 Å². The molecule has 0 unspecified atom stereocenters. The lowest BCUT2D eigenvalue weighted by Crippen LogP contribution is -1.97. The number of nitrogens with zero attached hydrogens (tertiary/aromatic N) is 4. The molecule has 4 aromatic rings. The lowest BCUT2D eigenvalue weighted by Gasteiger charge is -2.06. The van der Waals surface area contributed by atoms with Gasteiger partial charge in [0.2, 0.25) is 0 Å². The Morgan fingerprint density at radius 2 is 1.75 bits per heavy atom. The highest BCUT2D eigenvalue weighted by Gasteiger charge is 2.14. The van der Waals surface area contributed by atoms with Gasteiger partial charge in [-0.3, -0.25) is 4.40 Å². The molecule has 0 fully saturated rings. The van der Waals surface area contributed by atoms with Gasteiger partial charge in [-0.25, -0.2) is 9.37 Å². The topological polar surface area (TPSA) is 58.9 Å². The summed E-state index contributed by atoms with van der Waals surface area (Å²) in [6.07, 6.45) is 3.64. The van der Waals surface area contributed by atoms with Crippen LogP contribution in [-0.2, 0) is 0 Å². The molecule has 0 spiro atoms. The zero-order valence-electron chi connectivity index (χ0n) is 13.4. The summed E-state index contributed by atoms with van der Waals surface area (Å²) in [5, 5.41) is 8.45. The molecule has 0 atom stereocenters. The van der Waals surface area contributed by atoms with Gasteiger partial charge < -0.3 is 4.98 Å². The molecule has 120 valence electrons. The molecule has 0 radical (unpaired) electrons. The van der Waals surface area contributed by atoms with E-state index < -0.39 is 0 Å². The minimum absolute atomic E-state index is 0.257. The molecule has 1 N–H and O–H groups in total. The van der Waals surface area contributed by atoms with E-state index >= 15 is 0 Å². The van der Waals surface area contributed by atoms with Crippen molar-refractivity contribution in [1.82, 2.24) is 24.6 Å². The van der Waals surface area contributed by atoms with Crippen LogP contribution in [-0.4, -0.2) is 24.6 Å². The number of hydrogen-bond acceptors (Lipinski definition) is 3. The highest BCUT2D eigenvalue weighted by atomic mass is 19.1. The Kier molecular flexibility index (Phi) is 3.37. The average Bonchev–Trinajstić information content (AvgIpc) is 3.21. The second-order valence-electron chi connectivity index (χ2n) is 5.99. The van der Waals surface area contributed by atoms with E-state index in [4.69, 9.17) is 0 Å². The maximum absolute atomic E-state index is 13.2. The number of nitrogens with one attached hydrogen (secondary N) is 1. The Balaban J connectivity index is 1.85. The van der Waals surface area contributed by atoms with Gasteiger partial charge in [0.05, 0.1) is 17.7 Å². The van der Waals surface area contributed by atoms with Gasteiger partial charge in [0.25, 0.3) is 0 Å². The molecule has 0 bridgehead atoms. The van der Waals surface area contributed by atoms with Crippen molar-refractivity contribution in [3.05, 3.63) is 60.6 Å². The molecule has 4 rings (SSSR count). The lowest BCUT2D eigenvalue weighted by atomic mass is 10.1. The maximum atomic E-state index is 13.2. The van der Waals surface area contributed by atoms with E-state index in [0.717, 1.165) is 34.0 Å². The summed E-state index contributed by atoms with van der Waals surface area (Å²) >= 11 is 0. The fourth-order valence-corrected chi connectivity index (χ4v) is 2.79. The number of hydrogen-bond donors (Lipinski definition) is 1. The second-order valence-corrected chi connectivity index (χ2v) is 5.99. The Hall–Kier alpha value is -3.02. The predicted molar refractivity (Wildman–Crippen MR) is 90.1 cm³/mol. The number of aromatic amines is 1. The van der Waals surface area contributed by atoms with E-state index in [2.05, 4.69) is 34.0 Å². The van der Waals surface area contributed by atoms with Gasteiger partial charge >= 0.3 is 0 Å². The zero-order chi connectivity index (χ0) is 16.7. The number of H-pyrrole nitrogens is 1. The zero-order valence-corrected chi connectivity index (χ0v) is 13.4. The summed E-state index contributed by atoms with van der Waals surface area (Å²) in [6, 6.07) is 10.3. The third-order valence-electron chi connectivity index (χ3n) is 3.99. The van der Waals surface area contributed by atoms with Crippen molar-refractivity contribution in [2.45, 2.75) is 19.8 Å². The highest BCUT2D eigenvalue weighted by molar-refractivity contribution is 5.78. The quantitative estimate of drug-likeness (QED) is 0.619. The number of fused-ring (bicyclic) bond motifs is 1. The number of aromatic nitrogens is 5. The van der Waals surface area contributed by atoms with Crippen molar-refractivity contribution >= 4 is 5.65 Å². The molecule has 5 nitrogen and oxygen atoms in total. The van der Waals surface area contributed by atoms with Crippen molar-refractivity contribution < 1.29 is 4.39 Å². The first-order valence-electron chi connectivity index (χ1n) is 7.78. The third kappa shape index (κ3) is 2.36. The van der Waals surface area contributed by atoms with Crippen LogP contribution < -0.4 is 0 Å². The van der Waals surface area contributed by atoms with Gasteiger partial charge in [0, 0.05) is 23.2 Å². The standard InChI is InChI=1S/C18H16FN5/c1-11(2)18-23-22-15-8-5-13(9-24(15)18)17-16(20-10-21-17)12-3-6-14(19)7-4-12/h3-11H,1-2H3,(H,20,21). The maximum Gasteiger partial charge on any atom is 0.160 e. The molecular formula is C18H16FN5. The van der Waals surface area contributed by atoms with Gasteiger partial charge in [-0.2, -0.15) is 0 Å². The minimum atomic E-state index is -0.257. The predicted octanol–water partition coefficient (Wildman–Crippen LogP) is 4.05. The van der Waals surface area contributed by atoms with Crippen LogP contribution in [0.5, 0.6) is 0 Å². The Morgan fingerprint density at radius 1 is 1.00 bits per heavy atom. The summed E-state index contributed by atoms with van der Waals surface area (Å²) in [4.78, 5) is 7.59. The Bertz CT molecular complexity index is 998. The summed E-state index contributed by atoms with van der Waals surface area (Å²) in [7, 11) is 0. The SMILES string of the molecule is CC(C)c1nnc2ccc(-c3nc[nH]c3-c3ccc(F)cc3)cn12. The highest BCUT2D eigenvalue weighted by Crippen LogP contribution is 2.29. The van der Waals surface area contributed by atoms with Gasteiger partial charge in [-0.1, -0.05) is 13.8 Å². The fraction of sp³-hybridized carbons (Fsp3) is 0.167. The first-order valence-corrected chi connectivity index (χ1v) is 7.78. The second kappa shape index (κ2) is 5.56. The van der Waals surface area contributed by atoms with Crippen LogP contribution in [0.2, 0.25) is 0 Å². The molecule has 0 saturated carbocycles. The Labute approximate surface area is 138 Å². The van der Waals surface area contributed by atoms with Crippen molar-refractivity contribution in [3.8, 4) is 22.5 Å². The molecule has 24 heavy (non-hydrogen) atoms. The smallest absolute Gasteiger partial charge is 0.160 e. The Morgan fingerprint density at radius 3 is 2.50 bits per heavy atom. The van der Waals surface area contributed by atoms with Gasteiger partial charge in [-0.05, 0) is 36.4 Å². The first kappa shape index (κ1) is 14.6. The summed E-state index contributed by atoms with van der Waals surface area (Å²) < 4.78 is 15.2. The number of halogens is 1. The molecule has 1 aromatic carbocycles. The van der Waals surface area contributed by atoms with Crippen molar-refractivity contribution in [2.75, 3.05) is 0 Å². The van der Waals surface area contributed by atoms with Crippen LogP contribution >= 0.6 is 0 Å². The van der Waals surface area contributed by atoms with Gasteiger partial charge in [0.15, 0.2) is 5.65 Å². The van der Waals surface area contributed by atoms with Crippen LogP contribution in [0.1, 0.15) is 25.6 Å². The molecular weight excluding hydrogens is 305 g/mol. The van der Waals surface area contributed by atoms with Crippen LogP contribution in [0.4, 0.5) is 4.39 Å². The molecule has 6 heteroatoms. The third-order valence-corrected chi connectivity index (χ3v) is 3.99. The molecule has 0 aliphatic heterocycles. The fourth-order valence-electron chi connectivity index (χ4n) is 2.79. The minimum Gasteiger partial charge on any atom is -0.344 e. The van der Waals surface area contributed by atoms with Gasteiger partial charge in [0.1, 0.15) is 11.6 Å². The average molecular weight is 321 g/mol. The van der Waals surface area contributed by atoms with E-state index in [-0.39, 0.29) is 11.7 Å². The molecule has 3 heterocycles. The molecule has 0 saturated heterocycles. The van der Waals surface area contributed by atoms with E-state index in [0.29, 0.717) is 0 Å². The van der Waals surface area contributed by atoms with Crippen LogP contribution in [0.3, 0.4) is 0 Å². The molecule has 3 aromatic heterocycles. The summed E-state index contributed by atoms with van der Waals surface area (Å²) in [5.74, 6) is 0.920. The molecule has 0 amide bonds. The number of imidazole rings is 1. The number of rotatable bonds is 3. The van der Waals surface area contributed by atoms with Crippen LogP contribution in [0.15, 0.2) is 48.9 Å².